The van der Waals surface area contributed by atoms with E-state index in [0.29, 0.717) is 12.2 Å². The second-order valence-corrected chi connectivity index (χ2v) is 3.68. The van der Waals surface area contributed by atoms with Gasteiger partial charge in [0.2, 0.25) is 0 Å². The van der Waals surface area contributed by atoms with Crippen molar-refractivity contribution in [2.45, 2.75) is 0 Å². The molecule has 0 radical (unpaired) electrons. The number of anilines is 1. The number of carboxylic acid groups (broad SMARTS) is 1. The van der Waals surface area contributed by atoms with Crippen LogP contribution >= 0.6 is 0 Å². The summed E-state index contributed by atoms with van der Waals surface area (Å²) >= 11 is 0. The van der Waals surface area contributed by atoms with Gasteiger partial charge in [-0.15, -0.1) is 6.58 Å². The second kappa shape index (κ2) is 6.39. The van der Waals surface area contributed by atoms with Crippen molar-refractivity contribution in [3.8, 4) is 5.75 Å². The van der Waals surface area contributed by atoms with Gasteiger partial charge >= 0.3 is 11.7 Å². The van der Waals surface area contributed by atoms with Crippen molar-refractivity contribution in [1.29, 1.82) is 0 Å². The van der Waals surface area contributed by atoms with Gasteiger partial charge in [0.1, 0.15) is 6.54 Å². The summed E-state index contributed by atoms with van der Waals surface area (Å²) in [6.07, 6.45) is 1.55. The van der Waals surface area contributed by atoms with Gasteiger partial charge < -0.3 is 14.7 Å². The predicted octanol–water partition coefficient (Wildman–Crippen LogP) is 1.68. The largest absolute Gasteiger partial charge is 0.490 e. The highest BCUT2D eigenvalue weighted by atomic mass is 16.6. The summed E-state index contributed by atoms with van der Waals surface area (Å²) in [5.41, 5.74) is 0.352. The highest BCUT2D eigenvalue weighted by molar-refractivity contribution is 5.74. The van der Waals surface area contributed by atoms with Crippen LogP contribution in [0.4, 0.5) is 11.4 Å². The molecule has 0 aliphatic carbocycles. The number of hydrogen-bond donors (Lipinski definition) is 1. The van der Waals surface area contributed by atoms with Gasteiger partial charge in [-0.1, -0.05) is 6.08 Å². The molecule has 0 aliphatic rings. The van der Waals surface area contributed by atoms with E-state index in [1.807, 2.05) is 0 Å². The second-order valence-electron chi connectivity index (χ2n) is 3.68. The fourth-order valence-electron chi connectivity index (χ4n) is 1.59. The third-order valence-electron chi connectivity index (χ3n) is 2.40. The number of hydrogen-bond acceptors (Lipinski definition) is 5. The van der Waals surface area contributed by atoms with E-state index in [-0.39, 0.29) is 18.0 Å². The van der Waals surface area contributed by atoms with Crippen molar-refractivity contribution in [1.82, 2.24) is 0 Å². The van der Waals surface area contributed by atoms with Gasteiger partial charge in [0.15, 0.2) is 5.75 Å². The number of nitro groups is 1. The summed E-state index contributed by atoms with van der Waals surface area (Å²) in [4.78, 5) is 22.5. The lowest BCUT2D eigenvalue weighted by Crippen LogP contribution is -2.29. The van der Waals surface area contributed by atoms with Gasteiger partial charge in [-0.3, -0.25) is 14.9 Å². The maximum Gasteiger partial charge on any atom is 0.323 e. The quantitative estimate of drug-likeness (QED) is 0.458. The number of carboxylic acids is 1. The Hall–Kier alpha value is -2.57. The van der Waals surface area contributed by atoms with Gasteiger partial charge in [0, 0.05) is 24.4 Å². The molecule has 0 bridgehead atoms. The van der Waals surface area contributed by atoms with Crippen molar-refractivity contribution < 1.29 is 19.6 Å². The Morgan fingerprint density at radius 2 is 2.32 bits per heavy atom. The van der Waals surface area contributed by atoms with Crippen LogP contribution in [0.5, 0.6) is 5.75 Å². The molecule has 1 N–H and O–H groups in total. The Kier molecular flexibility index (Phi) is 4.87. The van der Waals surface area contributed by atoms with Gasteiger partial charge in [-0.25, -0.2) is 0 Å². The third-order valence-corrected chi connectivity index (χ3v) is 2.40. The minimum atomic E-state index is -1.00. The fourth-order valence-corrected chi connectivity index (χ4v) is 1.59. The number of aliphatic carboxylic acids is 1. The van der Waals surface area contributed by atoms with Crippen molar-refractivity contribution in [2.75, 3.05) is 25.1 Å². The minimum absolute atomic E-state index is 0.0851. The van der Waals surface area contributed by atoms with E-state index in [2.05, 4.69) is 6.58 Å². The van der Waals surface area contributed by atoms with Crippen LogP contribution in [0.3, 0.4) is 0 Å². The van der Waals surface area contributed by atoms with Crippen LogP contribution in [0.2, 0.25) is 0 Å². The van der Waals surface area contributed by atoms with Crippen molar-refractivity contribution in [2.24, 2.45) is 0 Å². The normalized spacial score (nSPS) is 9.74. The molecule has 102 valence electrons. The van der Waals surface area contributed by atoms with E-state index >= 15 is 0 Å². The summed E-state index contributed by atoms with van der Waals surface area (Å²) in [5.74, 6) is -0.916. The molecular weight excluding hydrogens is 252 g/mol. The molecule has 0 saturated heterocycles. The average Bonchev–Trinajstić information content (AvgIpc) is 2.36. The summed E-state index contributed by atoms with van der Waals surface area (Å²) in [7, 11) is 1.32. The summed E-state index contributed by atoms with van der Waals surface area (Å²) < 4.78 is 4.94. The SMILES string of the molecule is C=CCN(CC(=O)O)c1ccc([N+](=O)[O-])c(OC)c1. The van der Waals surface area contributed by atoms with E-state index < -0.39 is 10.9 Å². The summed E-state index contributed by atoms with van der Waals surface area (Å²) in [6, 6.07) is 4.20. The Morgan fingerprint density at radius 3 is 2.79 bits per heavy atom. The predicted molar refractivity (Wildman–Crippen MR) is 69.7 cm³/mol. The lowest BCUT2D eigenvalue weighted by Gasteiger charge is -2.21. The van der Waals surface area contributed by atoms with Crippen molar-refractivity contribution in [3.05, 3.63) is 41.0 Å². The van der Waals surface area contributed by atoms with Crippen LogP contribution in [0, 0.1) is 10.1 Å². The number of rotatable bonds is 7. The molecule has 1 rings (SSSR count). The van der Waals surface area contributed by atoms with Crippen LogP contribution in [-0.2, 0) is 4.79 Å². The van der Waals surface area contributed by atoms with E-state index in [1.54, 1.807) is 6.08 Å². The van der Waals surface area contributed by atoms with Crippen LogP contribution in [0.25, 0.3) is 0 Å². The zero-order chi connectivity index (χ0) is 14.4. The first-order chi connectivity index (χ1) is 8.99. The molecule has 7 nitrogen and oxygen atoms in total. The van der Waals surface area contributed by atoms with Crippen molar-refractivity contribution >= 4 is 17.3 Å². The molecule has 0 unspecified atom stereocenters. The molecule has 0 aromatic heterocycles. The number of benzene rings is 1. The van der Waals surface area contributed by atoms with Crippen LogP contribution < -0.4 is 9.64 Å². The zero-order valence-corrected chi connectivity index (χ0v) is 10.4. The first kappa shape index (κ1) is 14.5. The third kappa shape index (κ3) is 3.70. The molecule has 1 aromatic rings. The smallest absolute Gasteiger partial charge is 0.323 e. The molecule has 1 aromatic carbocycles. The Balaban J connectivity index is 3.13. The topological polar surface area (TPSA) is 92.9 Å². The number of ether oxygens (including phenoxy) is 1. The highest BCUT2D eigenvalue weighted by Crippen LogP contribution is 2.31. The molecule has 0 fully saturated rings. The van der Waals surface area contributed by atoms with Gasteiger partial charge in [0.25, 0.3) is 0 Å². The van der Waals surface area contributed by atoms with Crippen LogP contribution in [0.1, 0.15) is 0 Å². The average molecular weight is 266 g/mol. The molecule has 0 atom stereocenters. The van der Waals surface area contributed by atoms with E-state index in [4.69, 9.17) is 9.84 Å². The fraction of sp³-hybridized carbons (Fsp3) is 0.250. The molecule has 0 spiro atoms. The zero-order valence-electron chi connectivity index (χ0n) is 10.4. The van der Waals surface area contributed by atoms with Crippen LogP contribution in [0.15, 0.2) is 30.9 Å². The molecule has 0 saturated carbocycles. The Bertz CT molecular complexity index is 501. The maximum absolute atomic E-state index is 10.8. The van der Waals surface area contributed by atoms with E-state index in [1.165, 1.54) is 30.2 Å². The van der Waals surface area contributed by atoms with E-state index in [0.717, 1.165) is 0 Å². The number of methoxy groups -OCH3 is 1. The molecular formula is C12H14N2O5. The lowest BCUT2D eigenvalue weighted by atomic mass is 10.2. The lowest BCUT2D eigenvalue weighted by molar-refractivity contribution is -0.385. The van der Waals surface area contributed by atoms with E-state index in [9.17, 15) is 14.9 Å². The first-order valence-corrected chi connectivity index (χ1v) is 5.39. The number of nitrogens with zero attached hydrogens (tertiary/aromatic N) is 2. The Labute approximate surface area is 109 Å². The molecule has 7 heteroatoms. The summed E-state index contributed by atoms with van der Waals surface area (Å²) in [6.45, 7) is 3.63. The monoisotopic (exact) mass is 266 g/mol. The number of carbonyl (C=O) groups is 1. The highest BCUT2D eigenvalue weighted by Gasteiger charge is 2.17. The van der Waals surface area contributed by atoms with Crippen LogP contribution in [-0.4, -0.2) is 36.2 Å². The minimum Gasteiger partial charge on any atom is -0.490 e. The van der Waals surface area contributed by atoms with Gasteiger partial charge in [-0.2, -0.15) is 0 Å². The molecule has 0 amide bonds. The first-order valence-electron chi connectivity index (χ1n) is 5.39. The van der Waals surface area contributed by atoms with Crippen molar-refractivity contribution in [3.63, 3.8) is 0 Å². The number of nitro benzene ring substituents is 1. The summed E-state index contributed by atoms with van der Waals surface area (Å²) in [5, 5.41) is 19.6. The standard InChI is InChI=1S/C12H14N2O5/c1-3-6-13(8-12(15)16)9-4-5-10(14(17)18)11(7-9)19-2/h3-5,7H,1,6,8H2,2H3,(H,15,16). The molecule has 0 aliphatic heterocycles. The Morgan fingerprint density at radius 1 is 1.63 bits per heavy atom. The van der Waals surface area contributed by atoms with Gasteiger partial charge in [0.05, 0.1) is 12.0 Å². The molecule has 19 heavy (non-hydrogen) atoms. The maximum atomic E-state index is 10.8. The van der Waals surface area contributed by atoms with Gasteiger partial charge in [-0.05, 0) is 6.07 Å². The molecule has 0 heterocycles.